The van der Waals surface area contributed by atoms with E-state index >= 15 is 0 Å². The van der Waals surface area contributed by atoms with Crippen molar-refractivity contribution in [3.8, 4) is 5.75 Å². The van der Waals surface area contributed by atoms with Gasteiger partial charge in [0.05, 0.1) is 10.6 Å². The summed E-state index contributed by atoms with van der Waals surface area (Å²) in [5.41, 5.74) is 3.48. The zero-order valence-electron chi connectivity index (χ0n) is 12.9. The fourth-order valence-electron chi connectivity index (χ4n) is 3.64. The van der Waals surface area contributed by atoms with Crippen LogP contribution in [-0.2, 0) is 0 Å². The van der Waals surface area contributed by atoms with Crippen LogP contribution in [0.15, 0.2) is 29.9 Å². The van der Waals surface area contributed by atoms with Crippen LogP contribution in [-0.4, -0.2) is 16.7 Å². The lowest BCUT2D eigenvalue weighted by Gasteiger charge is -2.38. The number of hydrogen-bond donors (Lipinski definition) is 0. The first-order valence-corrected chi connectivity index (χ1v) is 8.81. The molecule has 0 saturated carbocycles. The molecule has 0 saturated heterocycles. The number of benzene rings is 1. The van der Waals surface area contributed by atoms with Crippen LogP contribution in [0.3, 0.4) is 0 Å². The lowest BCUT2D eigenvalue weighted by Crippen LogP contribution is -2.50. The summed E-state index contributed by atoms with van der Waals surface area (Å²) in [7, 11) is 0. The molecular weight excluding hydrogens is 364 g/mol. The first-order chi connectivity index (χ1) is 10.3. The first-order valence-electron chi connectivity index (χ1n) is 7.31. The second kappa shape index (κ2) is 5.24. The van der Waals surface area contributed by atoms with Gasteiger partial charge < -0.3 is 4.74 Å². The van der Waals surface area contributed by atoms with Crippen LogP contribution < -0.4 is 4.74 Å². The molecule has 0 bridgehead atoms. The molecule has 0 amide bonds. The molecule has 3 rings (SSSR count). The molecule has 0 N–H and O–H groups in total. The van der Waals surface area contributed by atoms with E-state index in [1.54, 1.807) is 0 Å². The van der Waals surface area contributed by atoms with Crippen LogP contribution in [0.5, 0.6) is 5.75 Å². The minimum atomic E-state index is -0.949. The molecule has 22 heavy (non-hydrogen) atoms. The van der Waals surface area contributed by atoms with Crippen molar-refractivity contribution < 1.29 is 9.53 Å². The van der Waals surface area contributed by atoms with Crippen LogP contribution in [0, 0.1) is 19.8 Å². The molecule has 4 heteroatoms. The third-order valence-electron chi connectivity index (χ3n) is 4.69. The Bertz CT molecular complexity index is 735. The predicted octanol–water partition coefficient (Wildman–Crippen LogP) is 5.19. The Labute approximate surface area is 144 Å². The Balaban J connectivity index is 2.26. The SMILES string of the molecule is C=C1C=C(CBr)[C@@]2(Oc3c(Cl)c(C)cc(C)c3C2=O)[C@H](C)C1. The number of ketones is 1. The van der Waals surface area contributed by atoms with Crippen LogP contribution in [0.25, 0.3) is 0 Å². The Morgan fingerprint density at radius 1 is 1.45 bits per heavy atom. The van der Waals surface area contributed by atoms with E-state index in [-0.39, 0.29) is 11.7 Å². The number of carbonyl (C=O) groups is 1. The smallest absolute Gasteiger partial charge is 0.215 e. The highest BCUT2D eigenvalue weighted by Crippen LogP contribution is 2.51. The summed E-state index contributed by atoms with van der Waals surface area (Å²) in [4.78, 5) is 13.3. The molecule has 2 atom stereocenters. The normalized spacial score (nSPS) is 27.0. The second-order valence-corrected chi connectivity index (χ2v) is 7.20. The van der Waals surface area contributed by atoms with Gasteiger partial charge >= 0.3 is 0 Å². The van der Waals surface area contributed by atoms with E-state index in [4.69, 9.17) is 16.3 Å². The number of alkyl halides is 1. The molecule has 0 unspecified atom stereocenters. The standard InChI is InChI=1S/C18H18BrClO2/c1-9-5-12(4)18(13(6-9)8-19)17(21)14-10(2)7-11(3)15(20)16(14)22-18/h6-7,12H,1,5,8H2,2-4H3/t12-,18+/m1/s1. The average molecular weight is 382 g/mol. The molecule has 1 aromatic carbocycles. The number of carbonyl (C=O) groups excluding carboxylic acids is 1. The maximum Gasteiger partial charge on any atom is 0.215 e. The Morgan fingerprint density at radius 2 is 2.14 bits per heavy atom. The fourth-order valence-corrected chi connectivity index (χ4v) is 4.40. The van der Waals surface area contributed by atoms with Crippen molar-refractivity contribution in [2.45, 2.75) is 32.8 Å². The zero-order valence-corrected chi connectivity index (χ0v) is 15.3. The van der Waals surface area contributed by atoms with Crippen molar-refractivity contribution in [3.05, 3.63) is 51.6 Å². The summed E-state index contributed by atoms with van der Waals surface area (Å²) < 4.78 is 6.28. The van der Waals surface area contributed by atoms with E-state index in [1.165, 1.54) is 0 Å². The molecule has 1 aliphatic heterocycles. The Hall–Kier alpha value is -1.06. The van der Waals surface area contributed by atoms with Gasteiger partial charge in [0.2, 0.25) is 5.78 Å². The molecule has 1 aliphatic carbocycles. The third kappa shape index (κ3) is 1.95. The number of aryl methyl sites for hydroxylation is 2. The minimum absolute atomic E-state index is 0.0209. The molecule has 1 heterocycles. The van der Waals surface area contributed by atoms with E-state index in [0.717, 1.165) is 28.7 Å². The average Bonchev–Trinajstić information content (AvgIpc) is 2.76. The van der Waals surface area contributed by atoms with Crippen molar-refractivity contribution in [3.63, 3.8) is 0 Å². The van der Waals surface area contributed by atoms with Crippen LogP contribution in [0.4, 0.5) is 0 Å². The van der Waals surface area contributed by atoms with Crippen molar-refractivity contribution >= 4 is 33.3 Å². The quantitative estimate of drug-likeness (QED) is 0.626. The van der Waals surface area contributed by atoms with Gasteiger partial charge in [-0.2, -0.15) is 0 Å². The van der Waals surface area contributed by atoms with Crippen LogP contribution in [0.2, 0.25) is 5.02 Å². The summed E-state index contributed by atoms with van der Waals surface area (Å²) in [5, 5.41) is 1.11. The number of halogens is 2. The van der Waals surface area contributed by atoms with Gasteiger partial charge in [0.15, 0.2) is 11.4 Å². The minimum Gasteiger partial charge on any atom is -0.472 e. The summed E-state index contributed by atoms with van der Waals surface area (Å²) >= 11 is 9.92. The molecular formula is C18H18BrClO2. The van der Waals surface area contributed by atoms with Crippen molar-refractivity contribution in [1.29, 1.82) is 0 Å². The highest BCUT2D eigenvalue weighted by atomic mass is 79.9. The second-order valence-electron chi connectivity index (χ2n) is 6.26. The first kappa shape index (κ1) is 15.8. The molecule has 0 radical (unpaired) electrons. The third-order valence-corrected chi connectivity index (χ3v) is 5.76. The molecule has 116 valence electrons. The number of Topliss-reactive ketones (excluding diaryl/α,β-unsaturated/α-hetero) is 1. The van der Waals surface area contributed by atoms with Crippen molar-refractivity contribution in [1.82, 2.24) is 0 Å². The number of fused-ring (bicyclic) bond motifs is 1. The molecule has 1 aromatic rings. The summed E-state index contributed by atoms with van der Waals surface area (Å²) in [6.45, 7) is 9.96. The van der Waals surface area contributed by atoms with Crippen LogP contribution >= 0.6 is 27.5 Å². The van der Waals surface area contributed by atoms with E-state index < -0.39 is 5.60 Å². The number of ether oxygens (including phenoxy) is 1. The Kier molecular flexibility index (Phi) is 3.77. The van der Waals surface area contributed by atoms with E-state index in [9.17, 15) is 4.79 Å². The van der Waals surface area contributed by atoms with Gasteiger partial charge in [0.1, 0.15) is 0 Å². The fraction of sp³-hybridized carbons (Fsp3) is 0.389. The number of rotatable bonds is 1. The van der Waals surface area contributed by atoms with Gasteiger partial charge in [0, 0.05) is 11.2 Å². The lowest BCUT2D eigenvalue weighted by molar-refractivity contribution is 0.0476. The summed E-state index contributed by atoms with van der Waals surface area (Å²) in [6.07, 6.45) is 2.72. The molecule has 1 spiro atoms. The molecule has 2 aliphatic rings. The summed E-state index contributed by atoms with van der Waals surface area (Å²) in [5.74, 6) is 0.580. The van der Waals surface area contributed by atoms with E-state index in [1.807, 2.05) is 32.9 Å². The van der Waals surface area contributed by atoms with Crippen LogP contribution in [0.1, 0.15) is 34.8 Å². The van der Waals surface area contributed by atoms with Gasteiger partial charge in [-0.1, -0.05) is 58.7 Å². The van der Waals surface area contributed by atoms with Gasteiger partial charge in [-0.3, -0.25) is 4.79 Å². The van der Waals surface area contributed by atoms with Gasteiger partial charge in [-0.15, -0.1) is 0 Å². The molecule has 2 nitrogen and oxygen atoms in total. The highest BCUT2D eigenvalue weighted by molar-refractivity contribution is 9.09. The number of allylic oxidation sites excluding steroid dienone is 2. The number of hydrogen-bond acceptors (Lipinski definition) is 2. The van der Waals surface area contributed by atoms with E-state index in [0.29, 0.717) is 21.7 Å². The summed E-state index contributed by atoms with van der Waals surface area (Å²) in [6, 6.07) is 1.95. The largest absolute Gasteiger partial charge is 0.472 e. The zero-order chi connectivity index (χ0) is 16.2. The topological polar surface area (TPSA) is 26.3 Å². The highest BCUT2D eigenvalue weighted by Gasteiger charge is 2.56. The van der Waals surface area contributed by atoms with Gasteiger partial charge in [-0.05, 0) is 37.0 Å². The maximum atomic E-state index is 13.3. The van der Waals surface area contributed by atoms with Gasteiger partial charge in [-0.25, -0.2) is 0 Å². The predicted molar refractivity (Wildman–Crippen MR) is 93.4 cm³/mol. The monoisotopic (exact) mass is 380 g/mol. The van der Waals surface area contributed by atoms with E-state index in [2.05, 4.69) is 22.5 Å². The van der Waals surface area contributed by atoms with Crippen molar-refractivity contribution in [2.24, 2.45) is 5.92 Å². The Morgan fingerprint density at radius 3 is 2.77 bits per heavy atom. The maximum absolute atomic E-state index is 13.3. The molecule has 0 fully saturated rings. The lowest BCUT2D eigenvalue weighted by atomic mass is 9.71. The van der Waals surface area contributed by atoms with Crippen molar-refractivity contribution in [2.75, 3.05) is 5.33 Å². The molecule has 0 aromatic heterocycles. The van der Waals surface area contributed by atoms with Gasteiger partial charge in [0.25, 0.3) is 0 Å².